The number of rotatable bonds is 6. The van der Waals surface area contributed by atoms with E-state index in [0.29, 0.717) is 19.4 Å². The number of amides is 1. The SMILES string of the molecule is Cc1ccc(-c2nc(CCC(=O)NCc3ccncc3)cs2)cc1. The van der Waals surface area contributed by atoms with Crippen molar-refractivity contribution in [3.63, 3.8) is 0 Å². The normalized spacial score (nSPS) is 10.5. The second-order valence-electron chi connectivity index (χ2n) is 5.64. The van der Waals surface area contributed by atoms with Gasteiger partial charge in [-0.1, -0.05) is 29.8 Å². The van der Waals surface area contributed by atoms with Crippen LogP contribution in [-0.2, 0) is 17.8 Å². The minimum absolute atomic E-state index is 0.0386. The highest BCUT2D eigenvalue weighted by Gasteiger charge is 2.07. The molecule has 0 fully saturated rings. The molecule has 0 aliphatic rings. The molecule has 1 amide bonds. The molecule has 5 heteroatoms. The van der Waals surface area contributed by atoms with Crippen LogP contribution in [0.1, 0.15) is 23.2 Å². The number of aryl methyl sites for hydroxylation is 2. The van der Waals surface area contributed by atoms with Gasteiger partial charge in [-0.2, -0.15) is 0 Å². The standard InChI is InChI=1S/C19H19N3OS/c1-14-2-4-16(5-3-14)19-22-17(13-24-19)6-7-18(23)21-12-15-8-10-20-11-9-15/h2-5,8-11,13H,6-7,12H2,1H3,(H,21,23). The molecule has 122 valence electrons. The second kappa shape index (κ2) is 7.84. The van der Waals surface area contributed by atoms with Crippen LogP contribution in [0.4, 0.5) is 0 Å². The minimum Gasteiger partial charge on any atom is -0.352 e. The van der Waals surface area contributed by atoms with Gasteiger partial charge in [0.05, 0.1) is 5.69 Å². The zero-order valence-electron chi connectivity index (χ0n) is 13.5. The van der Waals surface area contributed by atoms with Crippen LogP contribution in [0, 0.1) is 6.92 Å². The fourth-order valence-electron chi connectivity index (χ4n) is 2.28. The Balaban J connectivity index is 1.50. The molecule has 1 aromatic carbocycles. The number of carbonyl (C=O) groups excluding carboxylic acids is 1. The molecule has 0 saturated heterocycles. The Morgan fingerprint density at radius 2 is 1.88 bits per heavy atom. The highest BCUT2D eigenvalue weighted by atomic mass is 32.1. The predicted molar refractivity (Wildman–Crippen MR) is 96.7 cm³/mol. The van der Waals surface area contributed by atoms with Crippen LogP contribution in [0.15, 0.2) is 54.2 Å². The van der Waals surface area contributed by atoms with Crippen molar-refractivity contribution in [2.75, 3.05) is 0 Å². The van der Waals surface area contributed by atoms with E-state index in [2.05, 4.69) is 46.5 Å². The Labute approximate surface area is 145 Å². The molecule has 2 heterocycles. The van der Waals surface area contributed by atoms with Gasteiger partial charge in [0.1, 0.15) is 5.01 Å². The van der Waals surface area contributed by atoms with E-state index < -0.39 is 0 Å². The number of nitrogens with zero attached hydrogens (tertiary/aromatic N) is 2. The number of hydrogen-bond acceptors (Lipinski definition) is 4. The lowest BCUT2D eigenvalue weighted by Gasteiger charge is -2.04. The molecule has 0 saturated carbocycles. The van der Waals surface area contributed by atoms with Crippen molar-refractivity contribution in [2.45, 2.75) is 26.3 Å². The molecule has 0 unspecified atom stereocenters. The summed E-state index contributed by atoms with van der Waals surface area (Å²) in [5, 5.41) is 5.96. The van der Waals surface area contributed by atoms with Gasteiger partial charge in [-0.3, -0.25) is 9.78 Å². The maximum Gasteiger partial charge on any atom is 0.220 e. The first kappa shape index (κ1) is 16.3. The maximum absolute atomic E-state index is 12.0. The van der Waals surface area contributed by atoms with E-state index in [1.807, 2.05) is 17.5 Å². The number of hydrogen-bond donors (Lipinski definition) is 1. The molecule has 2 aromatic heterocycles. The van der Waals surface area contributed by atoms with E-state index in [1.165, 1.54) is 5.56 Å². The number of carbonyl (C=O) groups is 1. The van der Waals surface area contributed by atoms with E-state index in [4.69, 9.17) is 0 Å². The Kier molecular flexibility index (Phi) is 5.33. The molecule has 0 aliphatic heterocycles. The molecule has 0 atom stereocenters. The Bertz CT molecular complexity index is 797. The quantitative estimate of drug-likeness (QED) is 0.745. The molecule has 0 radical (unpaired) electrons. The van der Waals surface area contributed by atoms with Gasteiger partial charge in [-0.05, 0) is 31.0 Å². The maximum atomic E-state index is 12.0. The topological polar surface area (TPSA) is 54.9 Å². The van der Waals surface area contributed by atoms with E-state index in [-0.39, 0.29) is 5.91 Å². The summed E-state index contributed by atoms with van der Waals surface area (Å²) in [6, 6.07) is 12.1. The summed E-state index contributed by atoms with van der Waals surface area (Å²) >= 11 is 1.62. The van der Waals surface area contributed by atoms with E-state index in [0.717, 1.165) is 21.8 Å². The van der Waals surface area contributed by atoms with Crippen molar-refractivity contribution in [1.82, 2.24) is 15.3 Å². The lowest BCUT2D eigenvalue weighted by atomic mass is 10.1. The van der Waals surface area contributed by atoms with Gasteiger partial charge in [0.15, 0.2) is 0 Å². The minimum atomic E-state index is 0.0386. The van der Waals surface area contributed by atoms with Gasteiger partial charge in [0, 0.05) is 36.3 Å². The third-order valence-corrected chi connectivity index (χ3v) is 4.64. The summed E-state index contributed by atoms with van der Waals surface area (Å²) in [4.78, 5) is 20.5. The van der Waals surface area contributed by atoms with Crippen LogP contribution in [0.25, 0.3) is 10.6 Å². The number of nitrogens with one attached hydrogen (secondary N) is 1. The first-order valence-corrected chi connectivity index (χ1v) is 8.76. The molecular formula is C19H19N3OS. The summed E-state index contributed by atoms with van der Waals surface area (Å²) in [5.41, 5.74) is 4.38. The summed E-state index contributed by atoms with van der Waals surface area (Å²) < 4.78 is 0. The summed E-state index contributed by atoms with van der Waals surface area (Å²) in [7, 11) is 0. The van der Waals surface area contributed by atoms with Gasteiger partial charge in [-0.25, -0.2) is 4.98 Å². The van der Waals surface area contributed by atoms with E-state index in [1.54, 1.807) is 23.7 Å². The Morgan fingerprint density at radius 1 is 1.12 bits per heavy atom. The molecule has 3 aromatic rings. The van der Waals surface area contributed by atoms with Crippen molar-refractivity contribution in [1.29, 1.82) is 0 Å². The summed E-state index contributed by atoms with van der Waals surface area (Å²) in [5.74, 6) is 0.0386. The van der Waals surface area contributed by atoms with Crippen LogP contribution < -0.4 is 5.32 Å². The largest absolute Gasteiger partial charge is 0.352 e. The second-order valence-corrected chi connectivity index (χ2v) is 6.50. The van der Waals surface area contributed by atoms with Crippen LogP contribution in [-0.4, -0.2) is 15.9 Å². The molecule has 4 nitrogen and oxygen atoms in total. The number of thiazole rings is 1. The smallest absolute Gasteiger partial charge is 0.220 e. The highest BCUT2D eigenvalue weighted by molar-refractivity contribution is 7.13. The summed E-state index contributed by atoms with van der Waals surface area (Å²) in [6.07, 6.45) is 4.55. The monoisotopic (exact) mass is 337 g/mol. The van der Waals surface area contributed by atoms with Gasteiger partial charge < -0.3 is 5.32 Å². The van der Waals surface area contributed by atoms with Crippen LogP contribution in [0.3, 0.4) is 0 Å². The third kappa shape index (κ3) is 4.49. The number of benzene rings is 1. The van der Waals surface area contributed by atoms with E-state index in [9.17, 15) is 4.79 Å². The molecule has 1 N–H and O–H groups in total. The van der Waals surface area contributed by atoms with Crippen LogP contribution in [0.5, 0.6) is 0 Å². The summed E-state index contributed by atoms with van der Waals surface area (Å²) in [6.45, 7) is 2.61. The predicted octanol–water partition coefficient (Wildman–Crippen LogP) is 3.76. The fraction of sp³-hybridized carbons (Fsp3) is 0.211. The first-order valence-electron chi connectivity index (χ1n) is 7.88. The number of aromatic nitrogens is 2. The average molecular weight is 337 g/mol. The van der Waals surface area contributed by atoms with Crippen molar-refractivity contribution < 1.29 is 4.79 Å². The van der Waals surface area contributed by atoms with Crippen LogP contribution in [0.2, 0.25) is 0 Å². The van der Waals surface area contributed by atoms with Gasteiger partial charge in [0.2, 0.25) is 5.91 Å². The van der Waals surface area contributed by atoms with Gasteiger partial charge in [0.25, 0.3) is 0 Å². The van der Waals surface area contributed by atoms with Crippen LogP contribution >= 0.6 is 11.3 Å². The molecule has 0 spiro atoms. The van der Waals surface area contributed by atoms with Gasteiger partial charge >= 0.3 is 0 Å². The van der Waals surface area contributed by atoms with Crippen molar-refractivity contribution in [3.05, 3.63) is 71.0 Å². The zero-order valence-corrected chi connectivity index (χ0v) is 14.3. The average Bonchev–Trinajstić information content (AvgIpc) is 3.09. The molecule has 0 aliphatic carbocycles. The first-order chi connectivity index (χ1) is 11.7. The third-order valence-electron chi connectivity index (χ3n) is 3.70. The van der Waals surface area contributed by atoms with Crippen molar-refractivity contribution in [2.24, 2.45) is 0 Å². The molecule has 0 bridgehead atoms. The lowest BCUT2D eigenvalue weighted by Crippen LogP contribution is -2.23. The van der Waals surface area contributed by atoms with Crippen molar-refractivity contribution in [3.8, 4) is 10.6 Å². The van der Waals surface area contributed by atoms with Crippen molar-refractivity contribution >= 4 is 17.2 Å². The number of pyridine rings is 1. The fourth-order valence-corrected chi connectivity index (χ4v) is 3.14. The lowest BCUT2D eigenvalue weighted by molar-refractivity contribution is -0.121. The Morgan fingerprint density at radius 3 is 2.62 bits per heavy atom. The highest BCUT2D eigenvalue weighted by Crippen LogP contribution is 2.24. The van der Waals surface area contributed by atoms with E-state index >= 15 is 0 Å². The molecule has 3 rings (SSSR count). The Hall–Kier alpha value is -2.53. The van der Waals surface area contributed by atoms with Gasteiger partial charge in [-0.15, -0.1) is 11.3 Å². The zero-order chi connectivity index (χ0) is 16.8. The molecule has 24 heavy (non-hydrogen) atoms. The molecular weight excluding hydrogens is 318 g/mol.